The van der Waals surface area contributed by atoms with E-state index in [1.807, 2.05) is 6.07 Å². The summed E-state index contributed by atoms with van der Waals surface area (Å²) < 4.78 is 39.4. The fraction of sp³-hybridized carbons (Fsp3) is 0.0714. The average Bonchev–Trinajstić information content (AvgIpc) is 2.46. The Balaban J connectivity index is 2.45. The van der Waals surface area contributed by atoms with Gasteiger partial charge in [-0.05, 0) is 58.4 Å². The first-order valence-corrected chi connectivity index (χ1v) is 8.03. The molecule has 0 N–H and O–H groups in total. The molecule has 4 nitrogen and oxygen atoms in total. The average molecular weight is 369 g/mol. The summed E-state index contributed by atoms with van der Waals surface area (Å²) in [6, 6.07) is 11.5. The molecule has 108 valence electrons. The van der Waals surface area contributed by atoms with E-state index in [1.165, 1.54) is 37.4 Å². The van der Waals surface area contributed by atoms with E-state index in [4.69, 9.17) is 5.26 Å². The molecule has 0 aliphatic rings. The Kier molecular flexibility index (Phi) is 4.30. The van der Waals surface area contributed by atoms with Crippen LogP contribution in [-0.2, 0) is 10.0 Å². The first-order chi connectivity index (χ1) is 9.86. The van der Waals surface area contributed by atoms with E-state index in [0.29, 0.717) is 11.3 Å². The van der Waals surface area contributed by atoms with Gasteiger partial charge in [-0.1, -0.05) is 0 Å². The van der Waals surface area contributed by atoms with Gasteiger partial charge in [-0.2, -0.15) is 5.26 Å². The zero-order valence-electron chi connectivity index (χ0n) is 10.9. The summed E-state index contributed by atoms with van der Waals surface area (Å²) in [6.07, 6.45) is 0. The molecule has 0 saturated heterocycles. The van der Waals surface area contributed by atoms with E-state index in [2.05, 4.69) is 15.9 Å². The highest BCUT2D eigenvalue weighted by Crippen LogP contribution is 2.28. The second kappa shape index (κ2) is 5.84. The Morgan fingerprint density at radius 1 is 1.19 bits per heavy atom. The van der Waals surface area contributed by atoms with Gasteiger partial charge in [0.2, 0.25) is 0 Å². The minimum Gasteiger partial charge on any atom is -0.269 e. The summed E-state index contributed by atoms with van der Waals surface area (Å²) in [4.78, 5) is -0.0317. The van der Waals surface area contributed by atoms with Crippen molar-refractivity contribution in [2.45, 2.75) is 4.90 Å². The van der Waals surface area contributed by atoms with Crippen LogP contribution >= 0.6 is 15.9 Å². The molecule has 0 atom stereocenters. The molecule has 2 aromatic rings. The molecule has 0 unspecified atom stereocenters. The number of benzene rings is 2. The van der Waals surface area contributed by atoms with Crippen molar-refractivity contribution in [3.8, 4) is 6.07 Å². The molecule has 0 aliphatic heterocycles. The van der Waals surface area contributed by atoms with Gasteiger partial charge in [0.1, 0.15) is 10.7 Å². The molecular formula is C14H10BrFN2O2S. The van der Waals surface area contributed by atoms with Gasteiger partial charge in [0.25, 0.3) is 10.0 Å². The lowest BCUT2D eigenvalue weighted by Gasteiger charge is -2.20. The lowest BCUT2D eigenvalue weighted by Crippen LogP contribution is -2.26. The summed E-state index contributed by atoms with van der Waals surface area (Å²) >= 11 is 3.06. The largest absolute Gasteiger partial charge is 0.269 e. The van der Waals surface area contributed by atoms with Crippen molar-refractivity contribution in [1.82, 2.24) is 0 Å². The van der Waals surface area contributed by atoms with Crippen LogP contribution in [0, 0.1) is 17.1 Å². The van der Waals surface area contributed by atoms with Crippen LogP contribution in [0.25, 0.3) is 0 Å². The van der Waals surface area contributed by atoms with Crippen molar-refractivity contribution in [2.75, 3.05) is 11.4 Å². The molecule has 0 fully saturated rings. The van der Waals surface area contributed by atoms with Gasteiger partial charge >= 0.3 is 0 Å². The maximum absolute atomic E-state index is 13.1. The Morgan fingerprint density at radius 2 is 1.81 bits per heavy atom. The third-order valence-electron chi connectivity index (χ3n) is 2.89. The lowest BCUT2D eigenvalue weighted by molar-refractivity contribution is 0.592. The number of sulfonamides is 1. The zero-order chi connectivity index (χ0) is 15.6. The molecule has 0 bridgehead atoms. The molecule has 0 aliphatic carbocycles. The second-order valence-corrected chi connectivity index (χ2v) is 7.00. The van der Waals surface area contributed by atoms with E-state index < -0.39 is 15.8 Å². The van der Waals surface area contributed by atoms with Gasteiger partial charge in [-0.15, -0.1) is 0 Å². The van der Waals surface area contributed by atoms with Gasteiger partial charge in [0.05, 0.1) is 17.3 Å². The van der Waals surface area contributed by atoms with Crippen molar-refractivity contribution >= 4 is 31.6 Å². The quantitative estimate of drug-likeness (QED) is 0.834. The first-order valence-electron chi connectivity index (χ1n) is 5.80. The number of anilines is 1. The predicted octanol–water partition coefficient (Wildman–Crippen LogP) is 3.28. The number of halogens is 2. The monoisotopic (exact) mass is 368 g/mol. The number of rotatable bonds is 3. The highest BCUT2D eigenvalue weighted by molar-refractivity contribution is 9.10. The third kappa shape index (κ3) is 3.06. The summed E-state index contributed by atoms with van der Waals surface area (Å²) in [5.74, 6) is -0.526. The topological polar surface area (TPSA) is 61.2 Å². The Morgan fingerprint density at radius 3 is 2.33 bits per heavy atom. The fourth-order valence-electron chi connectivity index (χ4n) is 1.72. The molecule has 0 spiro atoms. The van der Waals surface area contributed by atoms with Crippen LogP contribution in [0.2, 0.25) is 0 Å². The number of hydrogen-bond donors (Lipinski definition) is 0. The predicted molar refractivity (Wildman–Crippen MR) is 80.8 cm³/mol. The number of hydrogen-bond acceptors (Lipinski definition) is 3. The maximum atomic E-state index is 13.1. The van der Waals surface area contributed by atoms with E-state index >= 15 is 0 Å². The molecule has 0 amide bonds. The summed E-state index contributed by atoms with van der Waals surface area (Å²) in [6.45, 7) is 0. The summed E-state index contributed by atoms with van der Waals surface area (Å²) in [5, 5.41) is 8.74. The maximum Gasteiger partial charge on any atom is 0.265 e. The van der Waals surface area contributed by atoms with Crippen LogP contribution in [0.1, 0.15) is 5.56 Å². The molecule has 2 aromatic carbocycles. The van der Waals surface area contributed by atoms with Gasteiger partial charge in [0.15, 0.2) is 0 Å². The summed E-state index contributed by atoms with van der Waals surface area (Å²) in [5.41, 5.74) is 0.845. The SMILES string of the molecule is CN(c1ccc(C#N)cc1)S(=O)(=O)c1ccc(F)cc1Br. The molecule has 2 rings (SSSR count). The molecular weight excluding hydrogens is 359 g/mol. The molecule has 0 saturated carbocycles. The molecule has 0 radical (unpaired) electrons. The number of nitrogens with zero attached hydrogens (tertiary/aromatic N) is 2. The van der Waals surface area contributed by atoms with Crippen molar-refractivity contribution in [3.05, 3.63) is 58.3 Å². The van der Waals surface area contributed by atoms with Crippen molar-refractivity contribution in [1.29, 1.82) is 5.26 Å². The fourth-order valence-corrected chi connectivity index (χ4v) is 3.92. The van der Waals surface area contributed by atoms with E-state index in [9.17, 15) is 12.8 Å². The van der Waals surface area contributed by atoms with Crippen molar-refractivity contribution in [3.63, 3.8) is 0 Å². The van der Waals surface area contributed by atoms with E-state index in [-0.39, 0.29) is 9.37 Å². The molecule has 0 heterocycles. The lowest BCUT2D eigenvalue weighted by atomic mass is 10.2. The standard InChI is InChI=1S/C14H10BrFN2O2S/c1-18(12-5-2-10(9-17)3-6-12)21(19,20)14-7-4-11(16)8-13(14)15/h2-8H,1H3. The smallest absolute Gasteiger partial charge is 0.265 e. The minimum atomic E-state index is -3.82. The highest BCUT2D eigenvalue weighted by atomic mass is 79.9. The molecule has 0 aromatic heterocycles. The third-order valence-corrected chi connectivity index (χ3v) is 5.65. The zero-order valence-corrected chi connectivity index (χ0v) is 13.3. The van der Waals surface area contributed by atoms with Gasteiger partial charge in [-0.25, -0.2) is 12.8 Å². The minimum absolute atomic E-state index is 0.0317. The van der Waals surface area contributed by atoms with Crippen LogP contribution in [0.15, 0.2) is 51.8 Å². The van der Waals surface area contributed by atoms with Crippen molar-refractivity contribution in [2.24, 2.45) is 0 Å². The van der Waals surface area contributed by atoms with E-state index in [0.717, 1.165) is 16.4 Å². The van der Waals surface area contributed by atoms with Gasteiger partial charge in [-0.3, -0.25) is 4.31 Å². The number of nitriles is 1. The van der Waals surface area contributed by atoms with Gasteiger partial charge < -0.3 is 0 Å². The van der Waals surface area contributed by atoms with Gasteiger partial charge in [0, 0.05) is 11.5 Å². The van der Waals surface area contributed by atoms with Crippen LogP contribution in [0.5, 0.6) is 0 Å². The Labute approximate surface area is 130 Å². The summed E-state index contributed by atoms with van der Waals surface area (Å²) in [7, 11) is -2.43. The van der Waals surface area contributed by atoms with Crippen LogP contribution < -0.4 is 4.31 Å². The van der Waals surface area contributed by atoms with Crippen molar-refractivity contribution < 1.29 is 12.8 Å². The Hall–Kier alpha value is -1.91. The molecule has 21 heavy (non-hydrogen) atoms. The normalized spacial score (nSPS) is 11.0. The Bertz CT molecular complexity index is 814. The van der Waals surface area contributed by atoms with Crippen LogP contribution in [0.4, 0.5) is 10.1 Å². The highest BCUT2D eigenvalue weighted by Gasteiger charge is 2.24. The van der Waals surface area contributed by atoms with E-state index in [1.54, 1.807) is 0 Å². The van der Waals surface area contributed by atoms with Crippen LogP contribution in [-0.4, -0.2) is 15.5 Å². The second-order valence-electron chi connectivity index (χ2n) is 4.21. The first kappa shape index (κ1) is 15.5. The van der Waals surface area contributed by atoms with Crippen LogP contribution in [0.3, 0.4) is 0 Å². The molecule has 7 heteroatoms.